The van der Waals surface area contributed by atoms with Gasteiger partial charge in [-0.15, -0.1) is 0 Å². The van der Waals surface area contributed by atoms with Gasteiger partial charge < -0.3 is 10.4 Å². The molecule has 18 heavy (non-hydrogen) atoms. The van der Waals surface area contributed by atoms with Crippen LogP contribution in [0.25, 0.3) is 0 Å². The molecule has 1 aromatic rings. The number of aromatic hydroxyl groups is 1. The van der Waals surface area contributed by atoms with E-state index in [1.165, 1.54) is 31.2 Å². The van der Waals surface area contributed by atoms with Gasteiger partial charge in [0.1, 0.15) is 5.75 Å². The highest BCUT2D eigenvalue weighted by Crippen LogP contribution is 2.47. The average Bonchev–Trinajstić information content (AvgIpc) is 2.96. The minimum Gasteiger partial charge on any atom is -0.507 e. The molecule has 98 valence electrons. The van der Waals surface area contributed by atoms with Crippen molar-refractivity contribution in [2.75, 3.05) is 6.54 Å². The largest absolute Gasteiger partial charge is 0.507 e. The molecular weight excluding hydrogens is 290 g/mol. The first kappa shape index (κ1) is 12.5. The van der Waals surface area contributed by atoms with Gasteiger partial charge in [-0.25, -0.2) is 0 Å². The molecular formula is C15H20BrNO. The number of phenolic OH excluding ortho intramolecular Hbond substituents is 1. The van der Waals surface area contributed by atoms with Gasteiger partial charge in [0.25, 0.3) is 0 Å². The van der Waals surface area contributed by atoms with Gasteiger partial charge in [0.05, 0.1) is 4.47 Å². The lowest BCUT2D eigenvalue weighted by atomic mass is 9.89. The molecule has 0 radical (unpaired) electrons. The van der Waals surface area contributed by atoms with E-state index in [0.29, 0.717) is 5.75 Å². The van der Waals surface area contributed by atoms with E-state index in [4.69, 9.17) is 0 Å². The van der Waals surface area contributed by atoms with Gasteiger partial charge in [-0.05, 0) is 77.2 Å². The number of rotatable bonds is 4. The monoisotopic (exact) mass is 309 g/mol. The van der Waals surface area contributed by atoms with Crippen LogP contribution in [0.4, 0.5) is 0 Å². The van der Waals surface area contributed by atoms with Crippen LogP contribution in [-0.2, 0) is 6.54 Å². The van der Waals surface area contributed by atoms with E-state index < -0.39 is 0 Å². The average molecular weight is 310 g/mol. The Balaban J connectivity index is 1.48. The zero-order chi connectivity index (χ0) is 12.5. The van der Waals surface area contributed by atoms with E-state index in [1.54, 1.807) is 6.07 Å². The van der Waals surface area contributed by atoms with Crippen molar-refractivity contribution in [3.05, 3.63) is 28.2 Å². The Bertz CT molecular complexity index is 435. The first-order valence-electron chi connectivity index (χ1n) is 6.90. The minimum atomic E-state index is 0.312. The van der Waals surface area contributed by atoms with Gasteiger partial charge in [-0.1, -0.05) is 12.5 Å². The van der Waals surface area contributed by atoms with E-state index in [0.717, 1.165) is 35.3 Å². The fraction of sp³-hybridized carbons (Fsp3) is 0.600. The zero-order valence-corrected chi connectivity index (χ0v) is 12.1. The third-order valence-electron chi connectivity index (χ3n) is 4.63. The van der Waals surface area contributed by atoms with Crippen LogP contribution in [0.1, 0.15) is 31.2 Å². The van der Waals surface area contributed by atoms with Gasteiger partial charge >= 0.3 is 0 Å². The number of nitrogens with one attached hydrogen (secondary N) is 1. The minimum absolute atomic E-state index is 0.312. The molecule has 3 unspecified atom stereocenters. The van der Waals surface area contributed by atoms with Crippen molar-refractivity contribution in [3.8, 4) is 5.75 Å². The molecule has 0 amide bonds. The summed E-state index contributed by atoms with van der Waals surface area (Å²) in [5.41, 5.74) is 1.22. The summed E-state index contributed by atoms with van der Waals surface area (Å²) in [6, 6.07) is 5.72. The number of benzene rings is 1. The number of hydrogen-bond acceptors (Lipinski definition) is 2. The van der Waals surface area contributed by atoms with Crippen molar-refractivity contribution in [2.24, 2.45) is 17.8 Å². The van der Waals surface area contributed by atoms with Crippen LogP contribution in [-0.4, -0.2) is 11.7 Å². The Morgan fingerprint density at radius 3 is 2.83 bits per heavy atom. The predicted molar refractivity (Wildman–Crippen MR) is 76.5 cm³/mol. The van der Waals surface area contributed by atoms with Crippen molar-refractivity contribution >= 4 is 15.9 Å². The lowest BCUT2D eigenvalue weighted by Crippen LogP contribution is -2.26. The Kier molecular flexibility index (Phi) is 3.62. The Morgan fingerprint density at radius 2 is 2.17 bits per heavy atom. The topological polar surface area (TPSA) is 32.3 Å². The van der Waals surface area contributed by atoms with Crippen LogP contribution in [0.15, 0.2) is 22.7 Å². The Hall–Kier alpha value is -0.540. The maximum Gasteiger partial charge on any atom is 0.129 e. The van der Waals surface area contributed by atoms with Gasteiger partial charge in [-0.2, -0.15) is 0 Å². The summed E-state index contributed by atoms with van der Waals surface area (Å²) in [6.45, 7) is 2.05. The van der Waals surface area contributed by atoms with Crippen LogP contribution < -0.4 is 5.32 Å². The highest BCUT2D eigenvalue weighted by molar-refractivity contribution is 9.10. The number of halogens is 1. The molecule has 2 bridgehead atoms. The molecule has 0 spiro atoms. The van der Waals surface area contributed by atoms with Crippen LogP contribution in [0.2, 0.25) is 0 Å². The summed E-state index contributed by atoms with van der Waals surface area (Å²) < 4.78 is 0.779. The molecule has 0 saturated heterocycles. The van der Waals surface area contributed by atoms with Crippen LogP contribution >= 0.6 is 15.9 Å². The summed E-state index contributed by atoms with van der Waals surface area (Å²) in [6.07, 6.45) is 5.86. The summed E-state index contributed by atoms with van der Waals surface area (Å²) >= 11 is 3.35. The van der Waals surface area contributed by atoms with Gasteiger partial charge in [0.15, 0.2) is 0 Å². The van der Waals surface area contributed by atoms with E-state index in [9.17, 15) is 5.11 Å². The molecule has 2 saturated carbocycles. The van der Waals surface area contributed by atoms with Crippen molar-refractivity contribution in [3.63, 3.8) is 0 Å². The molecule has 2 fully saturated rings. The molecule has 0 aromatic heterocycles. The normalized spacial score (nSPS) is 29.9. The van der Waals surface area contributed by atoms with E-state index >= 15 is 0 Å². The number of phenols is 1. The van der Waals surface area contributed by atoms with Crippen molar-refractivity contribution in [1.29, 1.82) is 0 Å². The fourth-order valence-electron chi connectivity index (χ4n) is 3.69. The summed E-state index contributed by atoms with van der Waals surface area (Å²) in [4.78, 5) is 0. The van der Waals surface area contributed by atoms with Crippen LogP contribution in [0.3, 0.4) is 0 Å². The van der Waals surface area contributed by atoms with Crippen molar-refractivity contribution in [1.82, 2.24) is 5.32 Å². The molecule has 3 rings (SSSR count). The molecule has 2 nitrogen and oxygen atoms in total. The summed E-state index contributed by atoms with van der Waals surface area (Å²) in [5.74, 6) is 3.25. The highest BCUT2D eigenvalue weighted by atomic mass is 79.9. The maximum atomic E-state index is 9.45. The zero-order valence-electron chi connectivity index (χ0n) is 10.5. The van der Waals surface area contributed by atoms with Crippen LogP contribution in [0.5, 0.6) is 5.75 Å². The van der Waals surface area contributed by atoms with Gasteiger partial charge in [-0.3, -0.25) is 0 Å². The van der Waals surface area contributed by atoms with Crippen molar-refractivity contribution in [2.45, 2.75) is 32.2 Å². The molecule has 2 N–H and O–H groups in total. The number of hydrogen-bond donors (Lipinski definition) is 2. The summed E-state index contributed by atoms with van der Waals surface area (Å²) in [7, 11) is 0. The molecule has 1 aromatic carbocycles. The molecule has 0 aliphatic heterocycles. The highest BCUT2D eigenvalue weighted by Gasteiger charge is 2.38. The quantitative estimate of drug-likeness (QED) is 0.889. The third kappa shape index (κ3) is 2.57. The van der Waals surface area contributed by atoms with E-state index in [2.05, 4.69) is 21.2 Å². The lowest BCUT2D eigenvalue weighted by molar-refractivity contribution is 0.318. The van der Waals surface area contributed by atoms with Crippen LogP contribution in [0, 0.1) is 17.8 Å². The van der Waals surface area contributed by atoms with E-state index in [1.807, 2.05) is 12.1 Å². The third-order valence-corrected chi connectivity index (χ3v) is 5.27. The second-order valence-corrected chi connectivity index (χ2v) is 6.71. The molecule has 0 heterocycles. The Morgan fingerprint density at radius 1 is 1.28 bits per heavy atom. The molecule has 3 atom stereocenters. The second kappa shape index (κ2) is 5.22. The predicted octanol–water partition coefficient (Wildman–Crippen LogP) is 3.68. The standard InChI is InChI=1S/C15H20BrNO/c16-14-7-11(2-4-15(14)18)8-17-9-13-6-10-1-3-12(13)5-10/h2,4,7,10,12-13,17-18H,1,3,5-6,8-9H2. The second-order valence-electron chi connectivity index (χ2n) is 5.85. The lowest BCUT2D eigenvalue weighted by Gasteiger charge is -2.21. The van der Waals surface area contributed by atoms with E-state index in [-0.39, 0.29) is 0 Å². The SMILES string of the molecule is Oc1ccc(CNCC2CC3CCC2C3)cc1Br. The Labute approximate surface area is 117 Å². The maximum absolute atomic E-state index is 9.45. The van der Waals surface area contributed by atoms with Gasteiger partial charge in [0, 0.05) is 6.54 Å². The first-order valence-corrected chi connectivity index (χ1v) is 7.70. The molecule has 3 heteroatoms. The summed E-state index contributed by atoms with van der Waals surface area (Å²) in [5, 5.41) is 13.0. The number of fused-ring (bicyclic) bond motifs is 2. The molecule has 2 aliphatic carbocycles. The first-order chi connectivity index (χ1) is 8.72. The van der Waals surface area contributed by atoms with Crippen molar-refractivity contribution < 1.29 is 5.11 Å². The van der Waals surface area contributed by atoms with Gasteiger partial charge in [0.2, 0.25) is 0 Å². The smallest absolute Gasteiger partial charge is 0.129 e. The molecule has 2 aliphatic rings. The fourth-order valence-corrected chi connectivity index (χ4v) is 4.11.